The Kier molecular flexibility index (Phi) is 5.69. The van der Waals surface area contributed by atoms with E-state index in [1.165, 1.54) is 12.1 Å². The van der Waals surface area contributed by atoms with Gasteiger partial charge >= 0.3 is 6.18 Å². The molecule has 0 aromatic heterocycles. The molecular weight excluding hydrogens is 337 g/mol. The SMILES string of the molecule is N.O=C(NCc1ccc(C(F)(F)F)cc1)C1=NOC2(CCNCC2)C1. The van der Waals surface area contributed by atoms with Gasteiger partial charge in [0.2, 0.25) is 0 Å². The molecule has 3 rings (SSSR count). The zero-order chi connectivity index (χ0) is 17.2. The fourth-order valence-electron chi connectivity index (χ4n) is 2.89. The number of nitrogens with one attached hydrogen (secondary N) is 2. The summed E-state index contributed by atoms with van der Waals surface area (Å²) in [7, 11) is 0. The maximum absolute atomic E-state index is 12.5. The number of alkyl halides is 3. The maximum Gasteiger partial charge on any atom is 0.416 e. The van der Waals surface area contributed by atoms with Crippen LogP contribution in [0.25, 0.3) is 0 Å². The molecule has 25 heavy (non-hydrogen) atoms. The second-order valence-electron chi connectivity index (χ2n) is 6.12. The molecule has 0 aliphatic carbocycles. The minimum atomic E-state index is -4.36. The molecule has 5 N–H and O–H groups in total. The topological polar surface area (TPSA) is 97.7 Å². The number of hydrogen-bond donors (Lipinski definition) is 3. The second kappa shape index (κ2) is 7.40. The molecular formula is C16H21F3N4O2. The fourth-order valence-corrected chi connectivity index (χ4v) is 2.89. The Morgan fingerprint density at radius 3 is 2.48 bits per heavy atom. The number of piperidine rings is 1. The van der Waals surface area contributed by atoms with Crippen LogP contribution in [0, 0.1) is 0 Å². The van der Waals surface area contributed by atoms with Gasteiger partial charge in [-0.15, -0.1) is 0 Å². The van der Waals surface area contributed by atoms with Crippen molar-refractivity contribution in [2.75, 3.05) is 13.1 Å². The summed E-state index contributed by atoms with van der Waals surface area (Å²) >= 11 is 0. The average molecular weight is 358 g/mol. The van der Waals surface area contributed by atoms with Gasteiger partial charge in [-0.25, -0.2) is 0 Å². The summed E-state index contributed by atoms with van der Waals surface area (Å²) in [6.07, 6.45) is -2.30. The summed E-state index contributed by atoms with van der Waals surface area (Å²) in [5.74, 6) is -0.342. The van der Waals surface area contributed by atoms with E-state index in [0.29, 0.717) is 17.7 Å². The summed E-state index contributed by atoms with van der Waals surface area (Å²) in [4.78, 5) is 17.6. The Bertz CT molecular complexity index is 638. The Labute approximate surface area is 143 Å². The van der Waals surface area contributed by atoms with Crippen LogP contribution in [0.15, 0.2) is 29.4 Å². The first-order chi connectivity index (χ1) is 11.4. The van der Waals surface area contributed by atoms with Crippen molar-refractivity contribution in [3.05, 3.63) is 35.4 Å². The van der Waals surface area contributed by atoms with Crippen molar-refractivity contribution in [1.82, 2.24) is 16.8 Å². The molecule has 2 aliphatic rings. The van der Waals surface area contributed by atoms with Crippen LogP contribution in [0.5, 0.6) is 0 Å². The lowest BCUT2D eigenvalue weighted by atomic mass is 9.87. The highest BCUT2D eigenvalue weighted by Gasteiger charge is 2.42. The van der Waals surface area contributed by atoms with E-state index >= 15 is 0 Å². The summed E-state index contributed by atoms with van der Waals surface area (Å²) in [5.41, 5.74) is -0.165. The third-order valence-corrected chi connectivity index (χ3v) is 4.35. The van der Waals surface area contributed by atoms with E-state index in [4.69, 9.17) is 4.84 Å². The fraction of sp³-hybridized carbons (Fsp3) is 0.500. The van der Waals surface area contributed by atoms with Gasteiger partial charge in [0.1, 0.15) is 11.3 Å². The molecule has 9 heteroatoms. The van der Waals surface area contributed by atoms with Crippen LogP contribution in [0.4, 0.5) is 13.2 Å². The predicted octanol–water partition coefficient (Wildman–Crippen LogP) is 2.38. The highest BCUT2D eigenvalue weighted by atomic mass is 19.4. The smallest absolute Gasteiger partial charge is 0.388 e. The molecule has 1 aromatic rings. The van der Waals surface area contributed by atoms with E-state index in [2.05, 4.69) is 15.8 Å². The van der Waals surface area contributed by atoms with Crippen LogP contribution in [-0.2, 0) is 22.4 Å². The first-order valence-electron chi connectivity index (χ1n) is 7.78. The molecule has 1 spiro atoms. The molecule has 0 saturated carbocycles. The number of amides is 1. The summed E-state index contributed by atoms with van der Waals surface area (Å²) in [6, 6.07) is 4.71. The summed E-state index contributed by atoms with van der Waals surface area (Å²) in [6.45, 7) is 1.80. The quantitative estimate of drug-likeness (QED) is 0.773. The molecule has 138 valence electrons. The molecule has 0 unspecified atom stereocenters. The van der Waals surface area contributed by atoms with Crippen molar-refractivity contribution in [2.45, 2.75) is 37.6 Å². The van der Waals surface area contributed by atoms with Gasteiger partial charge in [-0.05, 0) is 30.8 Å². The van der Waals surface area contributed by atoms with Crippen molar-refractivity contribution in [2.24, 2.45) is 5.16 Å². The lowest BCUT2D eigenvalue weighted by Crippen LogP contribution is -2.43. The minimum Gasteiger partial charge on any atom is -0.388 e. The lowest BCUT2D eigenvalue weighted by Gasteiger charge is -2.30. The number of nitrogens with zero attached hydrogens (tertiary/aromatic N) is 1. The number of carbonyl (C=O) groups is 1. The molecule has 2 aliphatic heterocycles. The van der Waals surface area contributed by atoms with Crippen molar-refractivity contribution < 1.29 is 22.8 Å². The number of halogens is 3. The molecule has 1 aromatic carbocycles. The second-order valence-corrected chi connectivity index (χ2v) is 6.12. The van der Waals surface area contributed by atoms with Crippen LogP contribution in [0.3, 0.4) is 0 Å². The Hall–Kier alpha value is -2.13. The molecule has 0 radical (unpaired) electrons. The molecule has 2 heterocycles. The van der Waals surface area contributed by atoms with Gasteiger partial charge in [-0.3, -0.25) is 4.79 Å². The van der Waals surface area contributed by atoms with Gasteiger partial charge in [0.25, 0.3) is 5.91 Å². The van der Waals surface area contributed by atoms with Gasteiger partial charge in [0.05, 0.1) is 5.56 Å². The minimum absolute atomic E-state index is 0. The molecule has 6 nitrogen and oxygen atoms in total. The number of oxime groups is 1. The first kappa shape index (κ1) is 19.2. The highest BCUT2D eigenvalue weighted by molar-refractivity contribution is 6.39. The van der Waals surface area contributed by atoms with Gasteiger partial charge < -0.3 is 21.6 Å². The van der Waals surface area contributed by atoms with E-state index in [9.17, 15) is 18.0 Å². The number of hydrogen-bond acceptors (Lipinski definition) is 5. The normalized spacial score (nSPS) is 18.9. The zero-order valence-corrected chi connectivity index (χ0v) is 13.7. The Morgan fingerprint density at radius 1 is 1.24 bits per heavy atom. The number of benzene rings is 1. The zero-order valence-electron chi connectivity index (χ0n) is 13.7. The lowest BCUT2D eigenvalue weighted by molar-refractivity contribution is -0.137. The molecule has 1 saturated heterocycles. The van der Waals surface area contributed by atoms with Crippen LogP contribution < -0.4 is 16.8 Å². The highest BCUT2D eigenvalue weighted by Crippen LogP contribution is 2.32. The molecule has 1 fully saturated rings. The van der Waals surface area contributed by atoms with Crippen molar-refractivity contribution >= 4 is 11.6 Å². The maximum atomic E-state index is 12.5. The van der Waals surface area contributed by atoms with Gasteiger partial charge in [0.15, 0.2) is 0 Å². The van der Waals surface area contributed by atoms with E-state index in [1.54, 1.807) is 0 Å². The molecule has 0 atom stereocenters. The van der Waals surface area contributed by atoms with Gasteiger partial charge in [-0.1, -0.05) is 17.3 Å². The third kappa shape index (κ3) is 4.49. The molecule has 1 amide bonds. The van der Waals surface area contributed by atoms with Crippen LogP contribution in [-0.4, -0.2) is 30.3 Å². The third-order valence-electron chi connectivity index (χ3n) is 4.35. The molecule has 0 bridgehead atoms. The van der Waals surface area contributed by atoms with Gasteiger partial charge in [0, 0.05) is 25.8 Å². The average Bonchev–Trinajstić information content (AvgIpc) is 2.96. The van der Waals surface area contributed by atoms with Crippen LogP contribution >= 0.6 is 0 Å². The summed E-state index contributed by atoms with van der Waals surface area (Å²) in [5, 5.41) is 9.80. The standard InChI is InChI=1S/C16H18F3N3O2.H3N/c17-16(18,19)12-3-1-11(2-4-12)10-21-14(23)13-9-15(24-22-13)5-7-20-8-6-15;/h1-4,20H,5-10H2,(H,21,23);1H3. The van der Waals surface area contributed by atoms with E-state index < -0.39 is 11.7 Å². The first-order valence-corrected chi connectivity index (χ1v) is 7.78. The van der Waals surface area contributed by atoms with Crippen molar-refractivity contribution in [3.8, 4) is 0 Å². The monoisotopic (exact) mass is 358 g/mol. The van der Waals surface area contributed by atoms with E-state index in [-0.39, 0.29) is 24.2 Å². The number of rotatable bonds is 3. The van der Waals surface area contributed by atoms with Gasteiger partial charge in [-0.2, -0.15) is 13.2 Å². The Morgan fingerprint density at radius 2 is 1.88 bits per heavy atom. The van der Waals surface area contributed by atoms with E-state index in [1.807, 2.05) is 0 Å². The van der Waals surface area contributed by atoms with Crippen LogP contribution in [0.1, 0.15) is 30.4 Å². The number of carbonyl (C=O) groups excluding carboxylic acids is 1. The summed E-state index contributed by atoms with van der Waals surface area (Å²) < 4.78 is 37.5. The van der Waals surface area contributed by atoms with E-state index in [0.717, 1.165) is 38.1 Å². The largest absolute Gasteiger partial charge is 0.416 e. The predicted molar refractivity (Wildman–Crippen MR) is 86.3 cm³/mol. The van der Waals surface area contributed by atoms with Crippen molar-refractivity contribution in [1.29, 1.82) is 0 Å². The van der Waals surface area contributed by atoms with Crippen LogP contribution in [0.2, 0.25) is 0 Å². The Balaban J connectivity index is 0.00000225. The van der Waals surface area contributed by atoms with Crippen molar-refractivity contribution in [3.63, 3.8) is 0 Å².